The molecule has 0 radical (unpaired) electrons. The average molecular weight is 581 g/mol. The van der Waals surface area contributed by atoms with Crippen LogP contribution in [0.4, 0.5) is 0 Å². The van der Waals surface area contributed by atoms with E-state index in [1.54, 1.807) is 0 Å². The van der Waals surface area contributed by atoms with Crippen molar-refractivity contribution in [1.82, 2.24) is 0 Å². The minimum atomic E-state index is -0.0752. The highest BCUT2D eigenvalue weighted by molar-refractivity contribution is 6.31. The summed E-state index contributed by atoms with van der Waals surface area (Å²) in [5.41, 5.74) is 2.41. The summed E-state index contributed by atoms with van der Waals surface area (Å²) in [6.07, 6.45) is 8.32. The van der Waals surface area contributed by atoms with Gasteiger partial charge in [0.25, 0.3) is 0 Å². The normalized spacial score (nSPS) is 11.0. The summed E-state index contributed by atoms with van der Waals surface area (Å²) in [4.78, 5) is 11.5. The van der Waals surface area contributed by atoms with Crippen molar-refractivity contribution in [1.29, 1.82) is 0 Å². The zero-order valence-corrected chi connectivity index (χ0v) is 23.2. The SMILES string of the molecule is CCOC(=O)CCC[N+](C)(C)CCCCCC[n+]1cc(Cl)c(C)c2ccccc21.[Br-].[Br-]. The number of para-hydroxylation sites is 1. The average Bonchev–Trinajstić information content (AvgIpc) is 2.68. The molecule has 0 atom stereocenters. The quantitative estimate of drug-likeness (QED) is 0.141. The van der Waals surface area contributed by atoms with Crippen LogP contribution in [0.5, 0.6) is 0 Å². The first-order valence-electron chi connectivity index (χ1n) is 10.9. The number of rotatable bonds is 12. The van der Waals surface area contributed by atoms with Crippen LogP contribution in [0.1, 0.15) is 51.0 Å². The highest BCUT2D eigenvalue weighted by Crippen LogP contribution is 2.22. The van der Waals surface area contributed by atoms with Crippen molar-refractivity contribution in [3.8, 4) is 0 Å². The fourth-order valence-electron chi connectivity index (χ4n) is 3.83. The van der Waals surface area contributed by atoms with Crippen LogP contribution < -0.4 is 38.5 Å². The van der Waals surface area contributed by atoms with E-state index in [0.717, 1.165) is 47.5 Å². The Morgan fingerprint density at radius 1 is 1.03 bits per heavy atom. The number of quaternary nitrogens is 1. The molecule has 0 aliphatic rings. The van der Waals surface area contributed by atoms with Gasteiger partial charge in [-0.15, -0.1) is 0 Å². The molecule has 0 saturated heterocycles. The third-order valence-electron chi connectivity index (χ3n) is 5.61. The van der Waals surface area contributed by atoms with Crippen molar-refractivity contribution in [3.05, 3.63) is 41.0 Å². The Hall–Kier alpha value is -0.690. The van der Waals surface area contributed by atoms with Gasteiger partial charge in [-0.2, -0.15) is 4.57 Å². The summed E-state index contributed by atoms with van der Waals surface area (Å²) in [5, 5.41) is 2.08. The number of carbonyl (C=O) groups is 1. The van der Waals surface area contributed by atoms with Gasteiger partial charge in [0.2, 0.25) is 5.52 Å². The molecule has 31 heavy (non-hydrogen) atoms. The van der Waals surface area contributed by atoms with Crippen LogP contribution in [-0.2, 0) is 16.1 Å². The Morgan fingerprint density at radius 2 is 1.68 bits per heavy atom. The van der Waals surface area contributed by atoms with E-state index in [1.165, 1.54) is 30.2 Å². The third-order valence-corrected chi connectivity index (χ3v) is 5.99. The summed E-state index contributed by atoms with van der Waals surface area (Å²) in [7, 11) is 4.50. The van der Waals surface area contributed by atoms with E-state index in [-0.39, 0.29) is 39.9 Å². The molecule has 0 aliphatic heterocycles. The van der Waals surface area contributed by atoms with Crippen molar-refractivity contribution in [2.45, 2.75) is 58.9 Å². The van der Waals surface area contributed by atoms with Gasteiger partial charge >= 0.3 is 5.97 Å². The van der Waals surface area contributed by atoms with E-state index in [2.05, 4.69) is 56.0 Å². The van der Waals surface area contributed by atoms with E-state index < -0.39 is 0 Å². The van der Waals surface area contributed by atoms with Gasteiger partial charge < -0.3 is 43.2 Å². The number of unbranched alkanes of at least 4 members (excludes halogenated alkanes) is 3. The molecule has 2 rings (SSSR count). The zero-order chi connectivity index (χ0) is 21.3. The van der Waals surface area contributed by atoms with Gasteiger partial charge in [-0.3, -0.25) is 4.79 Å². The van der Waals surface area contributed by atoms with Gasteiger partial charge in [0, 0.05) is 18.9 Å². The first-order chi connectivity index (χ1) is 13.8. The van der Waals surface area contributed by atoms with Gasteiger partial charge in [-0.1, -0.05) is 23.7 Å². The fraction of sp³-hybridized carbons (Fsp3) is 0.583. The summed E-state index contributed by atoms with van der Waals surface area (Å²) in [6, 6.07) is 8.49. The van der Waals surface area contributed by atoms with Crippen molar-refractivity contribution < 1.29 is 52.5 Å². The third kappa shape index (κ3) is 10.2. The van der Waals surface area contributed by atoms with Gasteiger partial charge in [-0.05, 0) is 44.7 Å². The summed E-state index contributed by atoms with van der Waals surface area (Å²) in [6.45, 7) is 7.57. The topological polar surface area (TPSA) is 30.2 Å². The van der Waals surface area contributed by atoms with Gasteiger partial charge in [0.05, 0.1) is 45.6 Å². The van der Waals surface area contributed by atoms with E-state index >= 15 is 0 Å². The zero-order valence-electron chi connectivity index (χ0n) is 19.3. The molecule has 7 heteroatoms. The number of ether oxygens (including phenoxy) is 1. The van der Waals surface area contributed by atoms with Crippen molar-refractivity contribution in [2.75, 3.05) is 33.8 Å². The number of carbonyl (C=O) groups excluding carboxylic acids is 1. The largest absolute Gasteiger partial charge is 1.00 e. The maximum Gasteiger partial charge on any atom is 0.305 e. The van der Waals surface area contributed by atoms with Crippen molar-refractivity contribution in [3.63, 3.8) is 0 Å². The summed E-state index contributed by atoms with van der Waals surface area (Å²) in [5.74, 6) is -0.0752. The molecule has 0 aliphatic carbocycles. The Kier molecular flexibility index (Phi) is 14.9. The van der Waals surface area contributed by atoms with Gasteiger partial charge in [0.15, 0.2) is 6.20 Å². The molecule has 0 unspecified atom stereocenters. The molecule has 1 heterocycles. The minimum Gasteiger partial charge on any atom is -1.00 e. The molecule has 0 saturated carbocycles. The van der Waals surface area contributed by atoms with Gasteiger partial charge in [0.1, 0.15) is 11.6 Å². The number of halogens is 3. The molecular formula is C24H37Br2ClN2O2. The number of aromatic nitrogens is 1. The number of fused-ring (bicyclic) bond motifs is 1. The van der Waals surface area contributed by atoms with E-state index in [9.17, 15) is 4.79 Å². The molecule has 0 amide bonds. The lowest BCUT2D eigenvalue weighted by atomic mass is 10.1. The van der Waals surface area contributed by atoms with Gasteiger partial charge in [-0.25, -0.2) is 0 Å². The molecule has 176 valence electrons. The second-order valence-electron chi connectivity index (χ2n) is 8.52. The van der Waals surface area contributed by atoms with Crippen LogP contribution >= 0.6 is 11.6 Å². The second-order valence-corrected chi connectivity index (χ2v) is 8.93. The lowest BCUT2D eigenvalue weighted by Crippen LogP contribution is -3.00. The highest BCUT2D eigenvalue weighted by Gasteiger charge is 2.16. The maximum absolute atomic E-state index is 11.5. The minimum absolute atomic E-state index is 0. The Labute approximate surface area is 214 Å². The molecule has 0 bridgehead atoms. The number of benzene rings is 1. The van der Waals surface area contributed by atoms with Crippen molar-refractivity contribution >= 4 is 28.5 Å². The number of hydrogen-bond donors (Lipinski definition) is 0. The van der Waals surface area contributed by atoms with E-state index in [1.807, 2.05) is 6.92 Å². The van der Waals surface area contributed by atoms with Crippen LogP contribution in [0.15, 0.2) is 30.5 Å². The first kappa shape index (κ1) is 30.3. The predicted octanol–water partition coefficient (Wildman–Crippen LogP) is -0.923. The van der Waals surface area contributed by atoms with Crippen molar-refractivity contribution in [2.24, 2.45) is 0 Å². The van der Waals surface area contributed by atoms with Crippen LogP contribution in [0, 0.1) is 6.92 Å². The summed E-state index contributed by atoms with van der Waals surface area (Å²) < 4.78 is 8.26. The lowest BCUT2D eigenvalue weighted by molar-refractivity contribution is -0.890. The maximum atomic E-state index is 11.5. The Bertz CT molecular complexity index is 816. The van der Waals surface area contributed by atoms with Crippen LogP contribution in [0.25, 0.3) is 10.9 Å². The number of pyridine rings is 1. The molecule has 0 fully saturated rings. The highest BCUT2D eigenvalue weighted by atomic mass is 79.9. The Balaban J connectivity index is 0.00000450. The Morgan fingerprint density at radius 3 is 2.39 bits per heavy atom. The monoisotopic (exact) mass is 578 g/mol. The molecule has 4 nitrogen and oxygen atoms in total. The second kappa shape index (κ2) is 15.2. The van der Waals surface area contributed by atoms with E-state index in [0.29, 0.717) is 13.0 Å². The molecule has 1 aromatic heterocycles. The standard InChI is InChI=1S/C24H37ClN2O2.2BrH/c1-5-29-24(28)15-12-18-27(3,4)17-11-7-6-10-16-26-19-22(25)20(2)21-13-8-9-14-23(21)26;;/h8-9,13-14,19H,5-7,10-12,15-18H2,1-4H3;2*1H/q+2;;/p-2. The van der Waals surface area contributed by atoms with Crippen LogP contribution in [0.2, 0.25) is 5.02 Å². The molecule has 0 N–H and O–H groups in total. The molecule has 1 aromatic carbocycles. The molecule has 2 aromatic rings. The number of nitrogens with zero attached hydrogens (tertiary/aromatic N) is 2. The molecular weight excluding hydrogens is 544 g/mol. The summed E-state index contributed by atoms with van der Waals surface area (Å²) >= 11 is 6.43. The predicted molar refractivity (Wildman–Crippen MR) is 120 cm³/mol. The van der Waals surface area contributed by atoms with Crippen LogP contribution in [-0.4, -0.2) is 44.2 Å². The number of hydrogen-bond acceptors (Lipinski definition) is 2. The molecule has 0 spiro atoms. The smallest absolute Gasteiger partial charge is 0.305 e. The van der Waals surface area contributed by atoms with Crippen LogP contribution in [0.3, 0.4) is 0 Å². The number of aryl methyl sites for hydroxylation is 2. The lowest BCUT2D eigenvalue weighted by Gasteiger charge is -2.29. The van der Waals surface area contributed by atoms with E-state index in [4.69, 9.17) is 16.3 Å². The fourth-order valence-corrected chi connectivity index (χ4v) is 4.05. The first-order valence-corrected chi connectivity index (χ1v) is 11.3. The number of esters is 1.